The van der Waals surface area contributed by atoms with E-state index in [0.717, 1.165) is 25.9 Å². The van der Waals surface area contributed by atoms with Crippen LogP contribution in [-0.4, -0.2) is 45.2 Å². The second-order valence-electron chi connectivity index (χ2n) is 5.05. The van der Waals surface area contributed by atoms with E-state index in [1.165, 1.54) is 0 Å². The van der Waals surface area contributed by atoms with Gasteiger partial charge in [0.1, 0.15) is 6.61 Å². The van der Waals surface area contributed by atoms with E-state index >= 15 is 0 Å². The van der Waals surface area contributed by atoms with E-state index in [4.69, 9.17) is 0 Å². The average molecular weight is 301 g/mol. The fourth-order valence-electron chi connectivity index (χ4n) is 1.94. The van der Waals surface area contributed by atoms with E-state index in [1.807, 2.05) is 0 Å². The maximum atomic E-state index is 11.8. The predicted octanol–water partition coefficient (Wildman–Crippen LogP) is 1.59. The highest BCUT2D eigenvalue weighted by molar-refractivity contribution is 5.85. The molecule has 0 unspecified atom stereocenters. The fourth-order valence-corrected chi connectivity index (χ4v) is 1.94. The van der Waals surface area contributed by atoms with Gasteiger partial charge in [0.05, 0.1) is 6.61 Å². The second kappa shape index (κ2) is 9.44. The number of hydrogen-bond acceptors (Lipinski definition) is 3. The third-order valence-electron chi connectivity index (χ3n) is 3.24. The van der Waals surface area contributed by atoms with Crippen molar-refractivity contribution in [1.82, 2.24) is 10.6 Å². The minimum absolute atomic E-state index is 0. The summed E-state index contributed by atoms with van der Waals surface area (Å²) in [5.41, 5.74) is 0.144. The van der Waals surface area contributed by atoms with E-state index in [-0.39, 0.29) is 36.8 Å². The van der Waals surface area contributed by atoms with Gasteiger partial charge < -0.3 is 15.4 Å². The van der Waals surface area contributed by atoms with Gasteiger partial charge in [-0.05, 0) is 31.3 Å². The fraction of sp³-hybridized carbons (Fsp3) is 0.917. The molecule has 1 rings (SSSR count). The summed E-state index contributed by atoms with van der Waals surface area (Å²) in [5, 5.41) is 6.12. The number of halogens is 3. The smallest absolute Gasteiger partial charge is 0.261 e. The second-order valence-corrected chi connectivity index (χ2v) is 5.05. The number of nitrogens with one attached hydrogen (secondary N) is 2. The van der Waals surface area contributed by atoms with Crippen molar-refractivity contribution in [2.75, 3.05) is 32.8 Å². The molecule has 114 valence electrons. The van der Waals surface area contributed by atoms with Crippen LogP contribution in [-0.2, 0) is 9.53 Å². The summed E-state index contributed by atoms with van der Waals surface area (Å²) in [4.78, 5) is 11.5. The van der Waals surface area contributed by atoms with Crippen LogP contribution in [0.2, 0.25) is 0 Å². The summed E-state index contributed by atoms with van der Waals surface area (Å²) in [6.45, 7) is 4.20. The van der Waals surface area contributed by atoms with E-state index in [2.05, 4.69) is 22.3 Å². The molecule has 19 heavy (non-hydrogen) atoms. The van der Waals surface area contributed by atoms with E-state index in [9.17, 15) is 13.6 Å². The molecule has 0 aromatic carbocycles. The van der Waals surface area contributed by atoms with Crippen LogP contribution in [0.25, 0.3) is 0 Å². The van der Waals surface area contributed by atoms with Gasteiger partial charge in [-0.3, -0.25) is 4.79 Å². The summed E-state index contributed by atoms with van der Waals surface area (Å²) in [7, 11) is 0. The number of amides is 1. The number of carbonyl (C=O) groups is 1. The van der Waals surface area contributed by atoms with Gasteiger partial charge in [-0.1, -0.05) is 6.92 Å². The Morgan fingerprint density at radius 1 is 1.42 bits per heavy atom. The number of hydrogen-bond donors (Lipinski definition) is 2. The molecule has 1 amide bonds. The van der Waals surface area contributed by atoms with Crippen molar-refractivity contribution in [2.45, 2.75) is 32.6 Å². The SMILES string of the molecule is CC1(CNC(=O)CCOCC(F)F)CCNCC1.Cl. The maximum absolute atomic E-state index is 11.8. The maximum Gasteiger partial charge on any atom is 0.261 e. The molecule has 0 aromatic rings. The van der Waals surface area contributed by atoms with E-state index in [1.54, 1.807) is 0 Å². The Morgan fingerprint density at radius 3 is 2.63 bits per heavy atom. The lowest BCUT2D eigenvalue weighted by Gasteiger charge is -2.34. The minimum atomic E-state index is -2.47. The third-order valence-corrected chi connectivity index (χ3v) is 3.24. The number of carbonyl (C=O) groups excluding carboxylic acids is 1. The number of alkyl halides is 2. The topological polar surface area (TPSA) is 50.4 Å². The first-order valence-electron chi connectivity index (χ1n) is 6.35. The molecule has 1 fully saturated rings. The monoisotopic (exact) mass is 300 g/mol. The van der Waals surface area contributed by atoms with Gasteiger partial charge in [0.2, 0.25) is 5.91 Å². The van der Waals surface area contributed by atoms with Crippen LogP contribution in [0, 0.1) is 5.41 Å². The van der Waals surface area contributed by atoms with Crippen LogP contribution in [0.1, 0.15) is 26.2 Å². The largest absolute Gasteiger partial charge is 0.375 e. The molecule has 7 heteroatoms. The predicted molar refractivity (Wildman–Crippen MR) is 71.9 cm³/mol. The van der Waals surface area contributed by atoms with Crippen molar-refractivity contribution < 1.29 is 18.3 Å². The lowest BCUT2D eigenvalue weighted by Crippen LogP contribution is -2.43. The molecule has 1 aliphatic heterocycles. The normalized spacial score (nSPS) is 17.9. The lowest BCUT2D eigenvalue weighted by atomic mass is 9.81. The zero-order valence-corrected chi connectivity index (χ0v) is 12.0. The van der Waals surface area contributed by atoms with Gasteiger partial charge in [0.25, 0.3) is 6.43 Å². The van der Waals surface area contributed by atoms with Crippen LogP contribution in [0.15, 0.2) is 0 Å². The Bertz CT molecular complexity index is 262. The standard InChI is InChI=1S/C12H22F2N2O2.ClH/c1-12(3-5-15-6-4-12)9-16-11(17)2-7-18-8-10(13)14;/h10,15H,2-9H2,1H3,(H,16,17);1H. The van der Waals surface area contributed by atoms with Crippen LogP contribution >= 0.6 is 12.4 Å². The van der Waals surface area contributed by atoms with Gasteiger partial charge in [-0.25, -0.2) is 8.78 Å². The van der Waals surface area contributed by atoms with Gasteiger partial charge in [0.15, 0.2) is 0 Å². The molecule has 0 aromatic heterocycles. The molecule has 0 saturated carbocycles. The van der Waals surface area contributed by atoms with Crippen molar-refractivity contribution in [2.24, 2.45) is 5.41 Å². The Hall–Kier alpha value is -0.460. The molecule has 0 aliphatic carbocycles. The van der Waals surface area contributed by atoms with Gasteiger partial charge in [0, 0.05) is 13.0 Å². The number of piperidine rings is 1. The molecule has 0 bridgehead atoms. The summed E-state index contributed by atoms with van der Waals surface area (Å²) < 4.78 is 28.2. The first kappa shape index (κ1) is 18.5. The zero-order valence-electron chi connectivity index (χ0n) is 11.2. The Labute approximate surface area is 119 Å². The molecule has 1 heterocycles. The van der Waals surface area contributed by atoms with Crippen LogP contribution in [0.5, 0.6) is 0 Å². The van der Waals surface area contributed by atoms with Crippen molar-refractivity contribution in [3.63, 3.8) is 0 Å². The highest BCUT2D eigenvalue weighted by Crippen LogP contribution is 2.26. The van der Waals surface area contributed by atoms with Crippen molar-refractivity contribution in [1.29, 1.82) is 0 Å². The summed E-state index contributed by atoms with van der Waals surface area (Å²) in [5.74, 6) is -0.135. The molecular formula is C12H23ClF2N2O2. The Morgan fingerprint density at radius 2 is 2.05 bits per heavy atom. The third kappa shape index (κ3) is 8.34. The highest BCUT2D eigenvalue weighted by Gasteiger charge is 2.26. The molecular weight excluding hydrogens is 278 g/mol. The molecule has 0 spiro atoms. The average Bonchev–Trinajstić information content (AvgIpc) is 2.33. The minimum Gasteiger partial charge on any atom is -0.375 e. The molecule has 0 atom stereocenters. The van der Waals surface area contributed by atoms with Crippen LogP contribution in [0.4, 0.5) is 8.78 Å². The van der Waals surface area contributed by atoms with Crippen LogP contribution in [0.3, 0.4) is 0 Å². The molecule has 4 nitrogen and oxygen atoms in total. The number of rotatable bonds is 7. The summed E-state index contributed by atoms with van der Waals surface area (Å²) >= 11 is 0. The lowest BCUT2D eigenvalue weighted by molar-refractivity contribution is -0.123. The first-order chi connectivity index (χ1) is 8.52. The summed E-state index contributed by atoms with van der Waals surface area (Å²) in [6.07, 6.45) is -0.257. The van der Waals surface area contributed by atoms with Gasteiger partial charge >= 0.3 is 0 Å². The van der Waals surface area contributed by atoms with E-state index in [0.29, 0.717) is 6.54 Å². The van der Waals surface area contributed by atoms with Crippen LogP contribution < -0.4 is 10.6 Å². The van der Waals surface area contributed by atoms with Crippen molar-refractivity contribution >= 4 is 18.3 Å². The quantitative estimate of drug-likeness (QED) is 0.702. The van der Waals surface area contributed by atoms with Gasteiger partial charge in [-0.2, -0.15) is 0 Å². The summed E-state index contributed by atoms with van der Waals surface area (Å²) in [6, 6.07) is 0. The van der Waals surface area contributed by atoms with Crippen molar-refractivity contribution in [3.8, 4) is 0 Å². The Balaban J connectivity index is 0.00000324. The first-order valence-corrected chi connectivity index (χ1v) is 6.35. The van der Waals surface area contributed by atoms with Crippen molar-refractivity contribution in [3.05, 3.63) is 0 Å². The van der Waals surface area contributed by atoms with E-state index < -0.39 is 13.0 Å². The molecule has 1 aliphatic rings. The number of ether oxygens (including phenoxy) is 1. The Kier molecular flexibility index (Phi) is 9.22. The molecule has 0 radical (unpaired) electrons. The molecule has 1 saturated heterocycles. The highest BCUT2D eigenvalue weighted by atomic mass is 35.5. The molecule has 2 N–H and O–H groups in total. The van der Waals surface area contributed by atoms with Gasteiger partial charge in [-0.15, -0.1) is 12.4 Å². The zero-order chi connectivity index (χ0) is 13.4.